The lowest BCUT2D eigenvalue weighted by Crippen LogP contribution is -2.14. The third-order valence-electron chi connectivity index (χ3n) is 4.26. The smallest absolute Gasteiger partial charge is 0.228 e. The molecular formula is C20H22N2O2. The second-order valence-corrected chi connectivity index (χ2v) is 5.90. The van der Waals surface area contributed by atoms with E-state index >= 15 is 0 Å². The minimum Gasteiger partial charge on any atom is -0.396 e. The molecule has 0 aliphatic rings. The summed E-state index contributed by atoms with van der Waals surface area (Å²) in [6.45, 7) is 2.26. The van der Waals surface area contributed by atoms with Gasteiger partial charge in [-0.3, -0.25) is 4.79 Å². The minimum absolute atomic E-state index is 0.0345. The largest absolute Gasteiger partial charge is 0.396 e. The maximum atomic E-state index is 12.3. The van der Waals surface area contributed by atoms with E-state index in [1.54, 1.807) is 0 Å². The second-order valence-electron chi connectivity index (χ2n) is 5.90. The van der Waals surface area contributed by atoms with Crippen molar-refractivity contribution in [3.05, 3.63) is 65.4 Å². The number of aliphatic hydroxyl groups is 1. The number of nitrogens with one attached hydrogen (secondary N) is 2. The van der Waals surface area contributed by atoms with Crippen molar-refractivity contribution in [3.63, 3.8) is 0 Å². The van der Waals surface area contributed by atoms with Crippen LogP contribution in [0.2, 0.25) is 0 Å². The minimum atomic E-state index is -0.0345. The Morgan fingerprint density at radius 3 is 2.62 bits per heavy atom. The molecule has 1 aromatic heterocycles. The van der Waals surface area contributed by atoms with Gasteiger partial charge in [0.25, 0.3) is 0 Å². The number of aromatic nitrogens is 1. The van der Waals surface area contributed by atoms with E-state index in [9.17, 15) is 4.79 Å². The predicted molar refractivity (Wildman–Crippen MR) is 97.2 cm³/mol. The molecule has 3 aromatic rings. The van der Waals surface area contributed by atoms with Crippen molar-refractivity contribution in [1.29, 1.82) is 0 Å². The molecule has 124 valence electrons. The Balaban J connectivity index is 1.71. The molecule has 3 N–H and O–H groups in total. The molecule has 0 spiro atoms. The van der Waals surface area contributed by atoms with Gasteiger partial charge in [-0.2, -0.15) is 0 Å². The summed E-state index contributed by atoms with van der Waals surface area (Å²) in [7, 11) is 0. The van der Waals surface area contributed by atoms with E-state index in [1.807, 2.05) is 36.5 Å². The van der Waals surface area contributed by atoms with E-state index in [-0.39, 0.29) is 12.5 Å². The highest BCUT2D eigenvalue weighted by atomic mass is 16.2. The SMILES string of the molecule is CCc1cccc2c(CC(=O)Nc3ccc(CCO)cc3)c[nH]c12. The molecule has 0 unspecified atom stereocenters. The normalized spacial score (nSPS) is 10.9. The molecule has 1 amide bonds. The molecule has 24 heavy (non-hydrogen) atoms. The third kappa shape index (κ3) is 3.49. The zero-order chi connectivity index (χ0) is 16.9. The summed E-state index contributed by atoms with van der Waals surface area (Å²) in [6.07, 6.45) is 3.85. The number of anilines is 1. The Kier molecular flexibility index (Phi) is 4.96. The van der Waals surface area contributed by atoms with Gasteiger partial charge in [0.1, 0.15) is 0 Å². The molecule has 2 aromatic carbocycles. The van der Waals surface area contributed by atoms with Crippen LogP contribution in [0.15, 0.2) is 48.7 Å². The lowest BCUT2D eigenvalue weighted by molar-refractivity contribution is -0.115. The predicted octanol–water partition coefficient (Wildman–Crippen LogP) is 3.45. The molecular weight excluding hydrogens is 300 g/mol. The topological polar surface area (TPSA) is 65.1 Å². The first kappa shape index (κ1) is 16.3. The van der Waals surface area contributed by atoms with E-state index in [1.165, 1.54) is 5.56 Å². The van der Waals surface area contributed by atoms with Crippen molar-refractivity contribution < 1.29 is 9.90 Å². The van der Waals surface area contributed by atoms with Gasteiger partial charge in [0.15, 0.2) is 0 Å². The van der Waals surface area contributed by atoms with Crippen LogP contribution in [0.25, 0.3) is 10.9 Å². The number of aromatic amines is 1. The average Bonchev–Trinajstić information content (AvgIpc) is 3.00. The van der Waals surface area contributed by atoms with Crippen LogP contribution >= 0.6 is 0 Å². The molecule has 0 saturated heterocycles. The van der Waals surface area contributed by atoms with Crippen LogP contribution in [0.4, 0.5) is 5.69 Å². The van der Waals surface area contributed by atoms with Crippen LogP contribution in [0.3, 0.4) is 0 Å². The van der Waals surface area contributed by atoms with Gasteiger partial charge in [0.2, 0.25) is 5.91 Å². The van der Waals surface area contributed by atoms with Gasteiger partial charge in [0, 0.05) is 29.4 Å². The number of carbonyl (C=O) groups is 1. The van der Waals surface area contributed by atoms with Gasteiger partial charge in [0.05, 0.1) is 6.42 Å². The lowest BCUT2D eigenvalue weighted by atomic mass is 10.1. The highest BCUT2D eigenvalue weighted by Crippen LogP contribution is 2.23. The Hall–Kier alpha value is -2.59. The third-order valence-corrected chi connectivity index (χ3v) is 4.26. The zero-order valence-corrected chi connectivity index (χ0v) is 13.8. The van der Waals surface area contributed by atoms with E-state index in [0.29, 0.717) is 12.8 Å². The molecule has 0 radical (unpaired) electrons. The highest BCUT2D eigenvalue weighted by Gasteiger charge is 2.10. The number of rotatable bonds is 6. The standard InChI is InChI=1S/C20H22N2O2/c1-2-15-4-3-5-18-16(13-21-20(15)18)12-19(24)22-17-8-6-14(7-9-17)10-11-23/h3-9,13,21,23H,2,10-12H2,1H3,(H,22,24). The number of carbonyl (C=O) groups excluding carboxylic acids is 1. The second kappa shape index (κ2) is 7.32. The number of hydrogen-bond acceptors (Lipinski definition) is 2. The van der Waals surface area contributed by atoms with E-state index in [2.05, 4.69) is 29.4 Å². The van der Waals surface area contributed by atoms with Crippen molar-refractivity contribution in [3.8, 4) is 0 Å². The van der Waals surface area contributed by atoms with Gasteiger partial charge >= 0.3 is 0 Å². The Bertz CT molecular complexity index is 834. The number of H-pyrrole nitrogens is 1. The van der Waals surface area contributed by atoms with Crippen molar-refractivity contribution in [2.45, 2.75) is 26.2 Å². The van der Waals surface area contributed by atoms with Crippen LogP contribution in [0, 0.1) is 0 Å². The highest BCUT2D eigenvalue weighted by molar-refractivity contribution is 5.96. The van der Waals surface area contributed by atoms with Gasteiger partial charge in [-0.1, -0.05) is 37.3 Å². The van der Waals surface area contributed by atoms with E-state index in [4.69, 9.17) is 5.11 Å². The number of aliphatic hydroxyl groups excluding tert-OH is 1. The van der Waals surface area contributed by atoms with E-state index < -0.39 is 0 Å². The zero-order valence-electron chi connectivity index (χ0n) is 13.8. The molecule has 3 rings (SSSR count). The van der Waals surface area contributed by atoms with Crippen molar-refractivity contribution in [2.75, 3.05) is 11.9 Å². The molecule has 0 saturated carbocycles. The summed E-state index contributed by atoms with van der Waals surface area (Å²) in [4.78, 5) is 15.6. The van der Waals surface area contributed by atoms with Gasteiger partial charge in [-0.25, -0.2) is 0 Å². The molecule has 1 heterocycles. The van der Waals surface area contributed by atoms with Crippen molar-refractivity contribution >= 4 is 22.5 Å². The molecule has 0 bridgehead atoms. The lowest BCUT2D eigenvalue weighted by Gasteiger charge is -2.06. The van der Waals surface area contributed by atoms with Gasteiger partial charge in [-0.05, 0) is 41.7 Å². The summed E-state index contributed by atoms with van der Waals surface area (Å²) in [6, 6.07) is 13.8. The van der Waals surface area contributed by atoms with Crippen LogP contribution in [-0.2, 0) is 24.1 Å². The fourth-order valence-corrected chi connectivity index (χ4v) is 2.98. The fourth-order valence-electron chi connectivity index (χ4n) is 2.98. The number of amides is 1. The molecule has 4 nitrogen and oxygen atoms in total. The van der Waals surface area contributed by atoms with Crippen LogP contribution in [0.1, 0.15) is 23.6 Å². The summed E-state index contributed by atoms with van der Waals surface area (Å²) in [5.74, 6) is -0.0345. The maximum Gasteiger partial charge on any atom is 0.228 e. The van der Waals surface area contributed by atoms with Crippen LogP contribution < -0.4 is 5.32 Å². The first-order valence-electron chi connectivity index (χ1n) is 8.28. The molecule has 0 aliphatic carbocycles. The Labute approximate surface area is 141 Å². The summed E-state index contributed by atoms with van der Waals surface area (Å²) < 4.78 is 0. The molecule has 0 aliphatic heterocycles. The Morgan fingerprint density at radius 2 is 1.92 bits per heavy atom. The first-order chi connectivity index (χ1) is 11.7. The van der Waals surface area contributed by atoms with E-state index in [0.717, 1.165) is 34.1 Å². The monoisotopic (exact) mass is 322 g/mol. The summed E-state index contributed by atoms with van der Waals surface area (Å²) in [5, 5.41) is 13.0. The number of para-hydroxylation sites is 1. The van der Waals surface area contributed by atoms with Crippen LogP contribution in [0.5, 0.6) is 0 Å². The fraction of sp³-hybridized carbons (Fsp3) is 0.250. The van der Waals surface area contributed by atoms with Gasteiger partial charge in [-0.15, -0.1) is 0 Å². The number of benzene rings is 2. The van der Waals surface area contributed by atoms with Crippen molar-refractivity contribution in [2.24, 2.45) is 0 Å². The number of hydrogen-bond donors (Lipinski definition) is 3. The average molecular weight is 322 g/mol. The number of aryl methyl sites for hydroxylation is 1. The summed E-state index contributed by atoms with van der Waals surface area (Å²) >= 11 is 0. The van der Waals surface area contributed by atoms with Crippen LogP contribution in [-0.4, -0.2) is 22.6 Å². The molecule has 4 heteroatoms. The van der Waals surface area contributed by atoms with Crippen molar-refractivity contribution in [1.82, 2.24) is 4.98 Å². The van der Waals surface area contributed by atoms with Gasteiger partial charge < -0.3 is 15.4 Å². The quantitative estimate of drug-likeness (QED) is 0.651. The summed E-state index contributed by atoms with van der Waals surface area (Å²) in [5.41, 5.74) is 5.22. The maximum absolute atomic E-state index is 12.3. The number of fused-ring (bicyclic) bond motifs is 1. The molecule has 0 atom stereocenters. The molecule has 0 fully saturated rings. The first-order valence-corrected chi connectivity index (χ1v) is 8.28. The Morgan fingerprint density at radius 1 is 1.12 bits per heavy atom.